The predicted octanol–water partition coefficient (Wildman–Crippen LogP) is 4.09. The second kappa shape index (κ2) is 10.3. The van der Waals surface area contributed by atoms with Gasteiger partial charge in [-0.1, -0.05) is 23.8 Å². The average Bonchev–Trinajstić information content (AvgIpc) is 3.03. The number of carbonyl (C=O) groups excluding carboxylic acids is 1. The fraction of sp³-hybridized carbons (Fsp3) is 0.474. The minimum atomic E-state index is 0. The third kappa shape index (κ3) is 5.68. The summed E-state index contributed by atoms with van der Waals surface area (Å²) in [6, 6.07) is 8.53. The van der Waals surface area contributed by atoms with E-state index >= 15 is 0 Å². The highest BCUT2D eigenvalue weighted by molar-refractivity contribution is 7.13. The molecule has 1 aromatic heterocycles. The molecule has 4 nitrogen and oxygen atoms in total. The summed E-state index contributed by atoms with van der Waals surface area (Å²) in [6.45, 7) is 5.78. The van der Waals surface area contributed by atoms with Crippen molar-refractivity contribution in [3.8, 4) is 10.6 Å². The molecule has 0 saturated carbocycles. The Labute approximate surface area is 172 Å². The van der Waals surface area contributed by atoms with Crippen LogP contribution in [-0.4, -0.2) is 34.9 Å². The second-order valence-electron chi connectivity index (χ2n) is 6.77. The fourth-order valence-corrected chi connectivity index (χ4v) is 4.06. The first-order valence-electron chi connectivity index (χ1n) is 8.57. The van der Waals surface area contributed by atoms with Crippen molar-refractivity contribution in [2.24, 2.45) is 11.7 Å². The number of aryl methyl sites for hydroxylation is 1. The number of benzene rings is 1. The molecule has 2 heterocycles. The molecule has 2 N–H and O–H groups in total. The maximum absolute atomic E-state index is 12.5. The van der Waals surface area contributed by atoms with E-state index in [1.54, 1.807) is 11.3 Å². The maximum Gasteiger partial charge on any atom is 0.228 e. The van der Waals surface area contributed by atoms with Crippen molar-refractivity contribution in [1.82, 2.24) is 9.88 Å². The standard InChI is InChI=1S/C19H25N3OS.2ClH/c1-13-4-3-5-16(10-13)19-21-17(12-24-19)11-18(23)22-8-6-15(7-9-22)14(2)20;;/h3-5,10,12,14-15H,6-9,11,20H2,1-2H3;2*1H. The summed E-state index contributed by atoms with van der Waals surface area (Å²) in [5.74, 6) is 0.723. The molecule has 2 aromatic rings. The van der Waals surface area contributed by atoms with Gasteiger partial charge in [0.05, 0.1) is 12.1 Å². The molecule has 3 rings (SSSR count). The molecular formula is C19H27Cl2N3OS. The topological polar surface area (TPSA) is 59.2 Å². The van der Waals surface area contributed by atoms with Gasteiger partial charge in [0.1, 0.15) is 5.01 Å². The lowest BCUT2D eigenvalue weighted by atomic mass is 9.91. The zero-order valence-corrected chi connectivity index (χ0v) is 17.6. The van der Waals surface area contributed by atoms with Crippen LogP contribution in [0.2, 0.25) is 0 Å². The fourth-order valence-electron chi connectivity index (χ4n) is 3.24. The zero-order valence-electron chi connectivity index (χ0n) is 15.2. The molecule has 26 heavy (non-hydrogen) atoms. The number of carbonyl (C=O) groups is 1. The largest absolute Gasteiger partial charge is 0.342 e. The van der Waals surface area contributed by atoms with E-state index in [-0.39, 0.29) is 36.8 Å². The van der Waals surface area contributed by atoms with Crippen molar-refractivity contribution in [1.29, 1.82) is 0 Å². The molecule has 0 spiro atoms. The van der Waals surface area contributed by atoms with E-state index in [2.05, 4.69) is 37.0 Å². The van der Waals surface area contributed by atoms with Gasteiger partial charge in [0.15, 0.2) is 0 Å². The number of aromatic nitrogens is 1. The number of amides is 1. The van der Waals surface area contributed by atoms with Crippen molar-refractivity contribution in [2.45, 2.75) is 39.2 Å². The van der Waals surface area contributed by atoms with Crippen LogP contribution >= 0.6 is 36.2 Å². The lowest BCUT2D eigenvalue weighted by molar-refractivity contribution is -0.132. The van der Waals surface area contributed by atoms with Gasteiger partial charge in [-0.2, -0.15) is 0 Å². The number of nitrogens with two attached hydrogens (primary N) is 1. The summed E-state index contributed by atoms with van der Waals surface area (Å²) >= 11 is 1.61. The lowest BCUT2D eigenvalue weighted by Crippen LogP contribution is -2.43. The van der Waals surface area contributed by atoms with Gasteiger partial charge in [-0.3, -0.25) is 4.79 Å². The summed E-state index contributed by atoms with van der Waals surface area (Å²) in [5.41, 5.74) is 9.18. The van der Waals surface area contributed by atoms with E-state index < -0.39 is 0 Å². The van der Waals surface area contributed by atoms with Crippen molar-refractivity contribution in [3.05, 3.63) is 40.9 Å². The van der Waals surface area contributed by atoms with Gasteiger partial charge in [0, 0.05) is 30.1 Å². The van der Waals surface area contributed by atoms with E-state index in [4.69, 9.17) is 5.73 Å². The summed E-state index contributed by atoms with van der Waals surface area (Å²) in [5, 5.41) is 2.99. The number of nitrogens with zero attached hydrogens (tertiary/aromatic N) is 2. The van der Waals surface area contributed by atoms with Crippen LogP contribution in [-0.2, 0) is 11.2 Å². The van der Waals surface area contributed by atoms with Crippen LogP contribution in [0.3, 0.4) is 0 Å². The number of halogens is 2. The first-order valence-corrected chi connectivity index (χ1v) is 9.45. The summed E-state index contributed by atoms with van der Waals surface area (Å²) in [7, 11) is 0. The highest BCUT2D eigenvalue weighted by atomic mass is 35.5. The Balaban J connectivity index is 0.00000169. The van der Waals surface area contributed by atoms with Gasteiger partial charge < -0.3 is 10.6 Å². The second-order valence-corrected chi connectivity index (χ2v) is 7.63. The van der Waals surface area contributed by atoms with E-state index in [1.807, 2.05) is 16.3 Å². The quantitative estimate of drug-likeness (QED) is 0.817. The van der Waals surface area contributed by atoms with E-state index in [0.29, 0.717) is 12.3 Å². The normalized spacial score (nSPS) is 15.7. The van der Waals surface area contributed by atoms with Gasteiger partial charge >= 0.3 is 0 Å². The number of hydrogen-bond acceptors (Lipinski definition) is 4. The van der Waals surface area contributed by atoms with Crippen molar-refractivity contribution >= 4 is 42.1 Å². The van der Waals surface area contributed by atoms with Crippen molar-refractivity contribution in [3.63, 3.8) is 0 Å². The van der Waals surface area contributed by atoms with E-state index in [9.17, 15) is 4.79 Å². The number of rotatable bonds is 4. The van der Waals surface area contributed by atoms with Crippen LogP contribution in [0.25, 0.3) is 10.6 Å². The molecular weight excluding hydrogens is 389 g/mol. The van der Waals surface area contributed by atoms with Crippen molar-refractivity contribution in [2.75, 3.05) is 13.1 Å². The SMILES string of the molecule is Cc1cccc(-c2nc(CC(=O)N3CCC(C(C)N)CC3)cs2)c1.Cl.Cl. The third-order valence-electron chi connectivity index (χ3n) is 4.79. The Hall–Kier alpha value is -1.14. The molecule has 1 aromatic carbocycles. The Bertz CT molecular complexity index is 712. The predicted molar refractivity (Wildman–Crippen MR) is 113 cm³/mol. The van der Waals surface area contributed by atoms with Gasteiger partial charge in [0.25, 0.3) is 0 Å². The maximum atomic E-state index is 12.5. The molecule has 7 heteroatoms. The molecule has 0 aliphatic carbocycles. The molecule has 144 valence electrons. The molecule has 1 aliphatic rings. The Morgan fingerprint density at radius 2 is 2.04 bits per heavy atom. The first kappa shape index (κ1) is 22.9. The van der Waals surface area contributed by atoms with Crippen LogP contribution in [0, 0.1) is 12.8 Å². The number of likely N-dealkylation sites (tertiary alicyclic amines) is 1. The van der Waals surface area contributed by atoms with Crippen LogP contribution < -0.4 is 5.73 Å². The van der Waals surface area contributed by atoms with Crippen LogP contribution in [0.15, 0.2) is 29.6 Å². The summed E-state index contributed by atoms with van der Waals surface area (Å²) in [4.78, 5) is 19.1. The molecule has 1 fully saturated rings. The number of hydrogen-bond donors (Lipinski definition) is 1. The highest BCUT2D eigenvalue weighted by Gasteiger charge is 2.25. The Kier molecular flexibility index (Phi) is 9.04. The zero-order chi connectivity index (χ0) is 17.1. The average molecular weight is 416 g/mol. The minimum absolute atomic E-state index is 0. The number of thiazole rings is 1. The van der Waals surface area contributed by atoms with E-state index in [1.165, 1.54) is 5.56 Å². The monoisotopic (exact) mass is 415 g/mol. The Morgan fingerprint density at radius 1 is 1.35 bits per heavy atom. The minimum Gasteiger partial charge on any atom is -0.342 e. The molecule has 1 amide bonds. The molecule has 1 aliphatic heterocycles. The molecule has 1 atom stereocenters. The third-order valence-corrected chi connectivity index (χ3v) is 5.73. The molecule has 0 bridgehead atoms. The smallest absolute Gasteiger partial charge is 0.228 e. The van der Waals surface area contributed by atoms with Crippen LogP contribution in [0.1, 0.15) is 31.0 Å². The summed E-state index contributed by atoms with van der Waals surface area (Å²) < 4.78 is 0. The van der Waals surface area contributed by atoms with Gasteiger partial charge in [-0.25, -0.2) is 4.98 Å². The number of piperidine rings is 1. The molecule has 0 radical (unpaired) electrons. The molecule has 1 saturated heterocycles. The van der Waals surface area contributed by atoms with Crippen LogP contribution in [0.4, 0.5) is 0 Å². The summed E-state index contributed by atoms with van der Waals surface area (Å²) in [6.07, 6.45) is 2.41. The molecule has 1 unspecified atom stereocenters. The lowest BCUT2D eigenvalue weighted by Gasteiger charge is -2.33. The first-order chi connectivity index (χ1) is 11.5. The van der Waals surface area contributed by atoms with Crippen molar-refractivity contribution < 1.29 is 4.79 Å². The Morgan fingerprint density at radius 3 is 2.65 bits per heavy atom. The van der Waals surface area contributed by atoms with Gasteiger partial charge in [0.2, 0.25) is 5.91 Å². The van der Waals surface area contributed by atoms with Gasteiger partial charge in [-0.15, -0.1) is 36.2 Å². The van der Waals surface area contributed by atoms with Crippen LogP contribution in [0.5, 0.6) is 0 Å². The van der Waals surface area contributed by atoms with E-state index in [0.717, 1.165) is 42.2 Å². The van der Waals surface area contributed by atoms with Gasteiger partial charge in [-0.05, 0) is 38.7 Å². The highest BCUT2D eigenvalue weighted by Crippen LogP contribution is 2.25.